The predicted molar refractivity (Wildman–Crippen MR) is 249 cm³/mol. The summed E-state index contributed by atoms with van der Waals surface area (Å²) in [4.78, 5) is 132. The number of phenols is 1. The van der Waals surface area contributed by atoms with Crippen molar-refractivity contribution in [3.05, 3.63) is 65.7 Å². The summed E-state index contributed by atoms with van der Waals surface area (Å²) in [7, 11) is 0. The molecular weight excluding hydrogens is 875 g/mol. The first-order valence-corrected chi connectivity index (χ1v) is 24.0. The van der Waals surface area contributed by atoms with Gasteiger partial charge >= 0.3 is 0 Å². The average Bonchev–Trinajstić information content (AvgIpc) is 4.12. The van der Waals surface area contributed by atoms with Crippen LogP contribution in [0.1, 0.15) is 96.6 Å². The molecule has 4 saturated heterocycles. The van der Waals surface area contributed by atoms with Crippen LogP contribution in [0.3, 0.4) is 0 Å². The number of phenolic OH excluding ortho intramolecular Hbond substituents is 1. The largest absolute Gasteiger partial charge is 0.508 e. The molecule has 2 aromatic carbocycles. The number of benzene rings is 2. The van der Waals surface area contributed by atoms with E-state index in [9.17, 15) is 48.3 Å². The molecule has 8 N–H and O–H groups in total. The minimum absolute atomic E-state index is 0.0376. The average molecular weight is 942 g/mol. The first-order valence-electron chi connectivity index (χ1n) is 24.0. The quantitative estimate of drug-likeness (QED) is 0.174. The first-order chi connectivity index (χ1) is 32.4. The van der Waals surface area contributed by atoms with E-state index < -0.39 is 108 Å². The molecule has 0 saturated carbocycles. The summed E-state index contributed by atoms with van der Waals surface area (Å²) in [6, 6.07) is 5.27. The highest BCUT2D eigenvalue weighted by molar-refractivity contribution is 6.00. The Labute approximate surface area is 397 Å². The van der Waals surface area contributed by atoms with Crippen molar-refractivity contribution >= 4 is 53.2 Å². The van der Waals surface area contributed by atoms with Crippen LogP contribution < -0.4 is 32.3 Å². The maximum absolute atomic E-state index is 14.7. The number of nitrogens with two attached hydrogens (primary N) is 1. The normalized spacial score (nSPS) is 27.6. The van der Waals surface area contributed by atoms with E-state index in [1.54, 1.807) is 42.5 Å². The third kappa shape index (κ3) is 12.5. The summed E-state index contributed by atoms with van der Waals surface area (Å²) in [5.74, 6) is -6.59. The minimum atomic E-state index is -1.63. The standard InChI is InChI=1S/C49H67N9O10/c1-5-29(4)41-49(68)58-23-11-15-38(58)45(64)54-35(24-28(2)3)47(66)56-21-9-14-37(56)44(63)52-33(25-30-12-7-6-8-13-30)42(61)51-34(27-40(50)60)43(62)53-36(26-31-17-19-32(59)20-18-31)48(67)57-22-10-16-39(57)46(65)55-41/h6-8,12-13,17-20,28-29,33-39,41,59H,5,9-11,14-16,21-27H2,1-4H3,(H2,50,60)(H,51,61)(H,52,63)(H,53,62)(H,54,64)(H,55,65)/t29-,33+,34+,35+,36+,37+,38+,39+,41+/m1/s1. The van der Waals surface area contributed by atoms with Gasteiger partial charge < -0.3 is 52.1 Å². The highest BCUT2D eigenvalue weighted by atomic mass is 16.3. The van der Waals surface area contributed by atoms with Gasteiger partial charge in [0.15, 0.2) is 0 Å². The van der Waals surface area contributed by atoms with Crippen LogP contribution in [0.4, 0.5) is 0 Å². The molecule has 9 atom stereocenters. The highest BCUT2D eigenvalue weighted by Gasteiger charge is 2.45. The Bertz CT molecular complexity index is 2190. The van der Waals surface area contributed by atoms with E-state index in [0.29, 0.717) is 43.2 Å². The molecule has 0 unspecified atom stereocenters. The predicted octanol–water partition coefficient (Wildman–Crippen LogP) is 0.556. The fraction of sp³-hybridized carbons (Fsp3) is 0.571. The lowest BCUT2D eigenvalue weighted by atomic mass is 9.96. The summed E-state index contributed by atoms with van der Waals surface area (Å²) in [6.45, 7) is 8.05. The van der Waals surface area contributed by atoms with Gasteiger partial charge in [-0.25, -0.2) is 0 Å². The summed E-state index contributed by atoms with van der Waals surface area (Å²) in [6.07, 6.45) is 2.06. The Morgan fingerprint density at radius 3 is 1.56 bits per heavy atom. The molecule has 68 heavy (non-hydrogen) atoms. The van der Waals surface area contributed by atoms with Crippen molar-refractivity contribution in [2.24, 2.45) is 17.6 Å². The van der Waals surface area contributed by atoms with Gasteiger partial charge in [-0.15, -0.1) is 0 Å². The van der Waals surface area contributed by atoms with Gasteiger partial charge in [0, 0.05) is 32.5 Å². The van der Waals surface area contributed by atoms with Crippen molar-refractivity contribution in [2.75, 3.05) is 19.6 Å². The van der Waals surface area contributed by atoms with Crippen molar-refractivity contribution in [2.45, 2.75) is 147 Å². The van der Waals surface area contributed by atoms with Gasteiger partial charge in [-0.2, -0.15) is 0 Å². The molecule has 4 fully saturated rings. The van der Waals surface area contributed by atoms with Crippen LogP contribution in [0.2, 0.25) is 0 Å². The molecular formula is C49H67N9O10. The number of hydrogen-bond acceptors (Lipinski definition) is 10. The SMILES string of the molecule is CC[C@@H](C)[C@@H]1NC(=O)[C@@H]2CCCN2C(=O)[C@H](Cc2ccc(O)cc2)NC(=O)[C@H](CC(N)=O)NC(=O)[C@H](Cc2ccccc2)NC(=O)[C@@H]2CCCN2C(=O)[C@H](CC(C)C)NC(=O)[C@@H]2CCCN2C1=O. The van der Waals surface area contributed by atoms with Crippen LogP contribution in [-0.4, -0.2) is 141 Å². The Morgan fingerprint density at radius 1 is 0.588 bits per heavy atom. The summed E-state index contributed by atoms with van der Waals surface area (Å²) < 4.78 is 0. The maximum atomic E-state index is 14.7. The Balaban J connectivity index is 1.41. The third-order valence-corrected chi connectivity index (χ3v) is 13.6. The number of nitrogens with one attached hydrogen (secondary N) is 5. The van der Waals surface area contributed by atoms with E-state index in [0.717, 1.165) is 0 Å². The summed E-state index contributed by atoms with van der Waals surface area (Å²) in [5.41, 5.74) is 6.80. The number of amides is 9. The van der Waals surface area contributed by atoms with E-state index in [1.165, 1.54) is 26.8 Å². The lowest BCUT2D eigenvalue weighted by Crippen LogP contribution is -2.62. The number of rotatable bonds is 10. The van der Waals surface area contributed by atoms with Gasteiger partial charge in [-0.3, -0.25) is 43.2 Å². The summed E-state index contributed by atoms with van der Waals surface area (Å²) >= 11 is 0. The van der Waals surface area contributed by atoms with Crippen LogP contribution in [0, 0.1) is 11.8 Å². The smallest absolute Gasteiger partial charge is 0.246 e. The van der Waals surface area contributed by atoms with Crippen LogP contribution >= 0.6 is 0 Å². The first kappa shape index (κ1) is 50.9. The number of hydrogen-bond donors (Lipinski definition) is 7. The monoisotopic (exact) mass is 942 g/mol. The van der Waals surface area contributed by atoms with E-state index in [4.69, 9.17) is 5.73 Å². The van der Waals surface area contributed by atoms with Gasteiger partial charge in [0.1, 0.15) is 54.1 Å². The van der Waals surface area contributed by atoms with Crippen molar-refractivity contribution in [3.63, 3.8) is 0 Å². The van der Waals surface area contributed by atoms with Crippen molar-refractivity contribution in [1.29, 1.82) is 0 Å². The highest BCUT2D eigenvalue weighted by Crippen LogP contribution is 2.26. The fourth-order valence-corrected chi connectivity index (χ4v) is 9.73. The Hall–Kier alpha value is -6.53. The van der Waals surface area contributed by atoms with Crippen LogP contribution in [-0.2, 0) is 56.0 Å². The number of carbonyl (C=O) groups excluding carboxylic acids is 9. The van der Waals surface area contributed by atoms with Crippen molar-refractivity contribution in [3.8, 4) is 5.75 Å². The van der Waals surface area contributed by atoms with E-state index in [-0.39, 0.29) is 69.3 Å². The Morgan fingerprint density at radius 2 is 1.03 bits per heavy atom. The minimum Gasteiger partial charge on any atom is -0.508 e. The van der Waals surface area contributed by atoms with Gasteiger partial charge in [0.05, 0.1) is 6.42 Å². The zero-order valence-electron chi connectivity index (χ0n) is 39.4. The molecule has 4 aliphatic rings. The molecule has 368 valence electrons. The molecule has 0 bridgehead atoms. The molecule has 9 amide bonds. The fourth-order valence-electron chi connectivity index (χ4n) is 9.73. The van der Waals surface area contributed by atoms with Crippen molar-refractivity contribution < 1.29 is 48.3 Å². The zero-order chi connectivity index (χ0) is 49.2. The number of aromatic hydroxyl groups is 1. The molecule has 19 heteroatoms. The lowest BCUT2D eigenvalue weighted by Gasteiger charge is -2.35. The number of fused-ring (bicyclic) bond motifs is 3. The molecule has 4 aliphatic heterocycles. The molecule has 4 heterocycles. The van der Waals surface area contributed by atoms with Gasteiger partial charge in [0.2, 0.25) is 53.2 Å². The second-order valence-corrected chi connectivity index (χ2v) is 19.0. The second kappa shape index (κ2) is 23.0. The molecule has 0 spiro atoms. The maximum Gasteiger partial charge on any atom is 0.246 e. The summed E-state index contributed by atoms with van der Waals surface area (Å²) in [5, 5.41) is 24.0. The molecule has 0 aliphatic carbocycles. The van der Waals surface area contributed by atoms with Crippen LogP contribution in [0.15, 0.2) is 54.6 Å². The zero-order valence-corrected chi connectivity index (χ0v) is 39.4. The van der Waals surface area contributed by atoms with Crippen molar-refractivity contribution in [1.82, 2.24) is 41.3 Å². The number of nitrogens with zero attached hydrogens (tertiary/aromatic N) is 3. The molecule has 2 aromatic rings. The Kier molecular flexibility index (Phi) is 17.2. The third-order valence-electron chi connectivity index (χ3n) is 13.6. The van der Waals surface area contributed by atoms with Crippen LogP contribution in [0.25, 0.3) is 0 Å². The molecule has 0 radical (unpaired) electrons. The lowest BCUT2D eigenvalue weighted by molar-refractivity contribution is -0.146. The second-order valence-electron chi connectivity index (χ2n) is 19.0. The number of primary amides is 1. The molecule has 0 aromatic heterocycles. The molecule has 19 nitrogen and oxygen atoms in total. The number of carbonyl (C=O) groups is 9. The van der Waals surface area contributed by atoms with E-state index in [1.807, 2.05) is 27.7 Å². The van der Waals surface area contributed by atoms with E-state index in [2.05, 4.69) is 26.6 Å². The van der Waals surface area contributed by atoms with Gasteiger partial charge in [0.25, 0.3) is 0 Å². The van der Waals surface area contributed by atoms with Gasteiger partial charge in [-0.1, -0.05) is 76.6 Å². The van der Waals surface area contributed by atoms with E-state index >= 15 is 0 Å². The molecule has 6 rings (SSSR count). The van der Waals surface area contributed by atoms with Gasteiger partial charge in [-0.05, 0) is 80.0 Å². The van der Waals surface area contributed by atoms with Crippen LogP contribution in [0.5, 0.6) is 5.75 Å². The topological polar surface area (TPSA) is 270 Å².